The maximum absolute atomic E-state index is 13.2. The van der Waals surface area contributed by atoms with E-state index in [1.165, 1.54) is 19.2 Å². The Morgan fingerprint density at radius 3 is 2.57 bits per heavy atom. The predicted octanol–water partition coefficient (Wildman–Crippen LogP) is 5.91. The highest BCUT2D eigenvalue weighted by Gasteiger charge is 2.45. The molecule has 0 N–H and O–H groups in total. The van der Waals surface area contributed by atoms with E-state index in [2.05, 4.69) is 16.2 Å². The Balaban J connectivity index is 1.30. The summed E-state index contributed by atoms with van der Waals surface area (Å²) in [6.45, 7) is 0. The second-order valence-corrected chi connectivity index (χ2v) is 9.93. The molecule has 0 amide bonds. The third-order valence-electron chi connectivity index (χ3n) is 7.42. The Hall–Kier alpha value is -3.12. The van der Waals surface area contributed by atoms with Crippen LogP contribution in [0.1, 0.15) is 49.7 Å². The smallest absolute Gasteiger partial charge is 0.334 e. The first-order valence-corrected chi connectivity index (χ1v) is 12.6. The van der Waals surface area contributed by atoms with Gasteiger partial charge >= 0.3 is 5.97 Å². The zero-order chi connectivity index (χ0) is 24.3. The fourth-order valence-electron chi connectivity index (χ4n) is 5.42. The lowest BCUT2D eigenvalue weighted by Crippen LogP contribution is -2.44. The van der Waals surface area contributed by atoms with E-state index in [1.54, 1.807) is 18.1 Å². The Labute approximate surface area is 210 Å². The topological polar surface area (TPSA) is 66.2 Å². The van der Waals surface area contributed by atoms with Crippen LogP contribution in [0.3, 0.4) is 0 Å². The highest BCUT2D eigenvalue weighted by Crippen LogP contribution is 2.44. The molecule has 0 spiro atoms. The van der Waals surface area contributed by atoms with E-state index in [1.807, 2.05) is 42.5 Å². The highest BCUT2D eigenvalue weighted by molar-refractivity contribution is 6.32. The molecule has 1 aliphatic heterocycles. The maximum atomic E-state index is 13.2. The summed E-state index contributed by atoms with van der Waals surface area (Å²) >= 11 is 6.34. The average molecular weight is 492 g/mol. The van der Waals surface area contributed by atoms with Gasteiger partial charge in [0.2, 0.25) is 0 Å². The number of rotatable bonds is 8. The predicted molar refractivity (Wildman–Crippen MR) is 135 cm³/mol. The molecule has 3 aromatic rings. The van der Waals surface area contributed by atoms with Gasteiger partial charge in [-0.1, -0.05) is 48.7 Å². The van der Waals surface area contributed by atoms with Crippen molar-refractivity contribution in [1.29, 1.82) is 0 Å². The fourth-order valence-corrected chi connectivity index (χ4v) is 5.70. The first kappa shape index (κ1) is 23.6. The van der Waals surface area contributed by atoms with E-state index < -0.39 is 5.60 Å². The molecule has 1 saturated carbocycles. The van der Waals surface area contributed by atoms with E-state index in [-0.39, 0.29) is 5.97 Å². The minimum Gasteiger partial charge on any atom is -0.495 e. The molecule has 2 aliphatic rings. The summed E-state index contributed by atoms with van der Waals surface area (Å²) in [6, 6.07) is 13.9. The number of carbonyl (C=O) groups is 1. The van der Waals surface area contributed by atoms with Crippen LogP contribution in [0.5, 0.6) is 5.75 Å². The number of hydrogen-bond acceptors (Lipinski definition) is 5. The average Bonchev–Trinajstić information content (AvgIpc) is 3.60. The molecule has 1 unspecified atom stereocenters. The number of aryl methyl sites for hydroxylation is 1. The van der Waals surface area contributed by atoms with Crippen molar-refractivity contribution in [3.63, 3.8) is 0 Å². The van der Waals surface area contributed by atoms with Gasteiger partial charge in [0.05, 0.1) is 17.8 Å². The summed E-state index contributed by atoms with van der Waals surface area (Å²) in [4.78, 5) is 17.2. The van der Waals surface area contributed by atoms with Gasteiger partial charge < -0.3 is 9.47 Å². The van der Waals surface area contributed by atoms with Gasteiger partial charge in [0.25, 0.3) is 0 Å². The number of carbonyl (C=O) groups excluding carboxylic acids is 1. The van der Waals surface area contributed by atoms with Crippen LogP contribution in [-0.4, -0.2) is 33.4 Å². The second-order valence-electron chi connectivity index (χ2n) is 9.52. The molecule has 1 aromatic heterocycles. The van der Waals surface area contributed by atoms with Gasteiger partial charge in [-0.05, 0) is 67.0 Å². The lowest BCUT2D eigenvalue weighted by atomic mass is 9.77. The van der Waals surface area contributed by atoms with Crippen molar-refractivity contribution in [1.82, 2.24) is 14.8 Å². The minimum absolute atomic E-state index is 0.184. The van der Waals surface area contributed by atoms with Gasteiger partial charge in [-0.2, -0.15) is 5.10 Å². The van der Waals surface area contributed by atoms with Crippen molar-refractivity contribution in [2.45, 2.75) is 57.0 Å². The van der Waals surface area contributed by atoms with E-state index in [0.29, 0.717) is 23.1 Å². The van der Waals surface area contributed by atoms with Gasteiger partial charge in [0.1, 0.15) is 24.0 Å². The number of hydrogen-bond donors (Lipinski definition) is 0. The normalized spacial score (nSPS) is 20.5. The van der Waals surface area contributed by atoms with Crippen LogP contribution in [0.4, 0.5) is 0 Å². The molecular weight excluding hydrogens is 462 g/mol. The summed E-state index contributed by atoms with van der Waals surface area (Å²) in [5, 5.41) is 4.77. The van der Waals surface area contributed by atoms with Crippen LogP contribution in [-0.2, 0) is 22.4 Å². The Morgan fingerprint density at radius 2 is 1.91 bits per heavy atom. The Morgan fingerprint density at radius 1 is 1.14 bits per heavy atom. The third kappa shape index (κ3) is 5.13. The van der Waals surface area contributed by atoms with Crippen molar-refractivity contribution < 1.29 is 14.3 Å². The summed E-state index contributed by atoms with van der Waals surface area (Å²) in [7, 11) is 1.62. The fraction of sp³-hybridized carbons (Fsp3) is 0.393. The molecular formula is C28H30ClN3O3. The van der Waals surface area contributed by atoms with Crippen LogP contribution in [0.25, 0.3) is 5.69 Å². The van der Waals surface area contributed by atoms with Gasteiger partial charge in [-0.3, -0.25) is 0 Å². The molecule has 2 heterocycles. The SMILES string of the molecule is COc1ccc(CCC2(C3CCCC3)CC=C(Cc3ccc(-n4cncn4)cc3)C(=O)O2)cc1Cl. The molecule has 0 bridgehead atoms. The van der Waals surface area contributed by atoms with Crippen molar-refractivity contribution in [3.05, 3.63) is 82.9 Å². The summed E-state index contributed by atoms with van der Waals surface area (Å²) in [5.41, 5.74) is 3.43. The number of aromatic nitrogens is 3. The van der Waals surface area contributed by atoms with Crippen LogP contribution in [0, 0.1) is 5.92 Å². The number of methoxy groups -OCH3 is 1. The zero-order valence-electron chi connectivity index (χ0n) is 20.0. The quantitative estimate of drug-likeness (QED) is 0.366. The van der Waals surface area contributed by atoms with E-state index in [9.17, 15) is 4.79 Å². The molecule has 6 nitrogen and oxygen atoms in total. The molecule has 1 atom stereocenters. The number of cyclic esters (lactones) is 1. The molecule has 2 aromatic carbocycles. The molecule has 5 rings (SSSR count). The highest BCUT2D eigenvalue weighted by atomic mass is 35.5. The molecule has 0 saturated heterocycles. The zero-order valence-corrected chi connectivity index (χ0v) is 20.7. The standard InChI is InChI=1S/C28H30ClN3O3/c1-34-26-11-8-21(17-25(26)29)12-14-28(23-4-2-3-5-23)15-13-22(27(33)35-28)16-20-6-9-24(10-7-20)32-19-30-18-31-32/h6-11,13,17-19,23H,2-5,12,14-16H2,1H3. The molecule has 182 valence electrons. The maximum Gasteiger partial charge on any atom is 0.334 e. The summed E-state index contributed by atoms with van der Waals surface area (Å²) in [6.07, 6.45) is 12.9. The molecule has 7 heteroatoms. The van der Waals surface area contributed by atoms with Gasteiger partial charge in [-0.25, -0.2) is 14.5 Å². The van der Waals surface area contributed by atoms with Gasteiger partial charge in [0.15, 0.2) is 0 Å². The first-order chi connectivity index (χ1) is 17.1. The Kier molecular flexibility index (Phi) is 6.91. The van der Waals surface area contributed by atoms with Crippen molar-refractivity contribution in [2.24, 2.45) is 5.92 Å². The third-order valence-corrected chi connectivity index (χ3v) is 7.71. The number of nitrogens with zero attached hydrogens (tertiary/aromatic N) is 3. The first-order valence-electron chi connectivity index (χ1n) is 12.2. The minimum atomic E-state index is -0.444. The summed E-state index contributed by atoms with van der Waals surface area (Å²) < 4.78 is 13.3. The molecule has 1 fully saturated rings. The van der Waals surface area contributed by atoms with E-state index in [4.69, 9.17) is 21.1 Å². The molecule has 35 heavy (non-hydrogen) atoms. The lowest BCUT2D eigenvalue weighted by Gasteiger charge is -2.41. The van der Waals surface area contributed by atoms with Crippen molar-refractivity contribution in [3.8, 4) is 11.4 Å². The van der Waals surface area contributed by atoms with Crippen LogP contribution >= 0.6 is 11.6 Å². The van der Waals surface area contributed by atoms with Crippen molar-refractivity contribution >= 4 is 17.6 Å². The van der Waals surface area contributed by atoms with Crippen LogP contribution in [0.2, 0.25) is 5.02 Å². The summed E-state index contributed by atoms with van der Waals surface area (Å²) in [5.74, 6) is 0.892. The van der Waals surface area contributed by atoms with E-state index >= 15 is 0 Å². The largest absolute Gasteiger partial charge is 0.495 e. The van der Waals surface area contributed by atoms with Crippen LogP contribution < -0.4 is 4.74 Å². The van der Waals surface area contributed by atoms with Gasteiger partial charge in [0, 0.05) is 18.4 Å². The number of halogens is 1. The second kappa shape index (κ2) is 10.2. The lowest BCUT2D eigenvalue weighted by molar-refractivity contribution is -0.164. The van der Waals surface area contributed by atoms with Crippen LogP contribution in [0.15, 0.2) is 66.8 Å². The number of esters is 1. The molecule has 1 aliphatic carbocycles. The van der Waals surface area contributed by atoms with E-state index in [0.717, 1.165) is 54.5 Å². The van der Waals surface area contributed by atoms with Crippen molar-refractivity contribution in [2.75, 3.05) is 7.11 Å². The number of ether oxygens (including phenoxy) is 2. The monoisotopic (exact) mass is 491 g/mol. The van der Waals surface area contributed by atoms with Gasteiger partial charge in [-0.15, -0.1) is 0 Å². The Bertz CT molecular complexity index is 1200. The number of benzene rings is 2. The molecule has 0 radical (unpaired) electrons.